The molecule has 32 heavy (non-hydrogen) atoms. The predicted molar refractivity (Wildman–Crippen MR) is 142 cm³/mol. The normalized spacial score (nSPS) is 16.2. The van der Waals surface area contributed by atoms with Gasteiger partial charge >= 0.3 is 0 Å². The quantitative estimate of drug-likeness (QED) is 0.322. The highest BCUT2D eigenvalue weighted by Gasteiger charge is 2.21. The molecule has 0 amide bonds. The Bertz CT molecular complexity index is 904. The maximum absolute atomic E-state index is 5.42. The Morgan fingerprint density at radius 1 is 1.00 bits per heavy atom. The van der Waals surface area contributed by atoms with Crippen LogP contribution in [0.3, 0.4) is 0 Å². The molecule has 0 spiro atoms. The SMILES string of the molecule is CN=C(NCc1ccc2c(c1)CCC2)NC1CCN(c2cc(OC)cc(OC)c2)CC1.I. The summed E-state index contributed by atoms with van der Waals surface area (Å²) >= 11 is 0. The number of methoxy groups -OCH3 is 2. The summed E-state index contributed by atoms with van der Waals surface area (Å²) in [5.74, 6) is 2.53. The van der Waals surface area contributed by atoms with E-state index in [1.54, 1.807) is 14.2 Å². The van der Waals surface area contributed by atoms with Gasteiger partial charge in [0.05, 0.1) is 14.2 Å². The minimum absolute atomic E-state index is 0. The fraction of sp³-hybridized carbons (Fsp3) is 0.480. The van der Waals surface area contributed by atoms with Gasteiger partial charge in [0.15, 0.2) is 5.96 Å². The van der Waals surface area contributed by atoms with Crippen molar-refractivity contribution >= 4 is 35.6 Å². The van der Waals surface area contributed by atoms with Crippen LogP contribution in [0, 0.1) is 0 Å². The lowest BCUT2D eigenvalue weighted by Crippen LogP contribution is -2.48. The van der Waals surface area contributed by atoms with E-state index in [2.05, 4.69) is 50.9 Å². The molecule has 0 radical (unpaired) electrons. The van der Waals surface area contributed by atoms with Crippen molar-refractivity contribution in [3.05, 3.63) is 53.1 Å². The first-order valence-electron chi connectivity index (χ1n) is 11.2. The van der Waals surface area contributed by atoms with E-state index < -0.39 is 0 Å². The van der Waals surface area contributed by atoms with Gasteiger partial charge in [0.25, 0.3) is 0 Å². The molecule has 1 fully saturated rings. The number of hydrogen-bond acceptors (Lipinski definition) is 4. The standard InChI is InChI=1S/C25H34N4O2.HI/c1-26-25(27-17-18-7-8-19-5-4-6-20(19)13-18)28-21-9-11-29(12-10-21)22-14-23(30-2)16-24(15-22)31-3;/h7-8,13-16,21H,4-6,9-12,17H2,1-3H3,(H2,26,27,28);1H. The van der Waals surface area contributed by atoms with Crippen molar-refractivity contribution < 1.29 is 9.47 Å². The number of guanidine groups is 1. The van der Waals surface area contributed by atoms with Gasteiger partial charge in [0.1, 0.15) is 11.5 Å². The van der Waals surface area contributed by atoms with Crippen LogP contribution in [0.1, 0.15) is 36.0 Å². The predicted octanol–water partition coefficient (Wildman–Crippen LogP) is 4.14. The molecule has 4 rings (SSSR count). The Labute approximate surface area is 208 Å². The summed E-state index contributed by atoms with van der Waals surface area (Å²) in [5, 5.41) is 7.10. The lowest BCUT2D eigenvalue weighted by Gasteiger charge is -2.34. The topological polar surface area (TPSA) is 58.1 Å². The van der Waals surface area contributed by atoms with E-state index in [0.717, 1.165) is 55.6 Å². The van der Waals surface area contributed by atoms with Crippen LogP contribution < -0.4 is 25.0 Å². The van der Waals surface area contributed by atoms with Crippen molar-refractivity contribution in [1.29, 1.82) is 0 Å². The van der Waals surface area contributed by atoms with Gasteiger partial charge in [0.2, 0.25) is 0 Å². The van der Waals surface area contributed by atoms with Crippen LogP contribution in [0.4, 0.5) is 5.69 Å². The Balaban J connectivity index is 0.00000289. The average Bonchev–Trinajstić information content (AvgIpc) is 3.29. The van der Waals surface area contributed by atoms with Crippen molar-refractivity contribution in [3.8, 4) is 11.5 Å². The van der Waals surface area contributed by atoms with Crippen LogP contribution in [0.5, 0.6) is 11.5 Å². The highest BCUT2D eigenvalue weighted by Crippen LogP contribution is 2.30. The van der Waals surface area contributed by atoms with Crippen LogP contribution in [-0.4, -0.2) is 46.4 Å². The van der Waals surface area contributed by atoms with Crippen molar-refractivity contribution in [2.24, 2.45) is 4.99 Å². The number of aliphatic imine (C=N–C) groups is 1. The van der Waals surface area contributed by atoms with E-state index in [1.165, 1.54) is 36.0 Å². The van der Waals surface area contributed by atoms with E-state index in [1.807, 2.05) is 13.1 Å². The second-order valence-corrected chi connectivity index (χ2v) is 8.36. The third kappa shape index (κ3) is 5.99. The molecule has 1 saturated heterocycles. The molecule has 1 heterocycles. The summed E-state index contributed by atoms with van der Waals surface area (Å²) in [5.41, 5.74) is 5.51. The largest absolute Gasteiger partial charge is 0.497 e. The molecule has 174 valence electrons. The number of piperidine rings is 1. The highest BCUT2D eigenvalue weighted by atomic mass is 127. The zero-order chi connectivity index (χ0) is 21.6. The second kappa shape index (κ2) is 11.6. The Morgan fingerprint density at radius 3 is 2.34 bits per heavy atom. The molecule has 0 bridgehead atoms. The third-order valence-electron chi connectivity index (χ3n) is 6.38. The number of nitrogens with zero attached hydrogens (tertiary/aromatic N) is 2. The fourth-order valence-corrected chi connectivity index (χ4v) is 4.57. The van der Waals surface area contributed by atoms with Crippen LogP contribution in [0.25, 0.3) is 0 Å². The first-order chi connectivity index (χ1) is 15.2. The number of ether oxygens (including phenoxy) is 2. The number of benzene rings is 2. The lowest BCUT2D eigenvalue weighted by molar-refractivity contribution is 0.393. The monoisotopic (exact) mass is 550 g/mol. The molecule has 6 nitrogen and oxygen atoms in total. The molecule has 7 heteroatoms. The Morgan fingerprint density at radius 2 is 1.69 bits per heavy atom. The second-order valence-electron chi connectivity index (χ2n) is 8.36. The van der Waals surface area contributed by atoms with Crippen LogP contribution in [0.2, 0.25) is 0 Å². The number of hydrogen-bond donors (Lipinski definition) is 2. The summed E-state index contributed by atoms with van der Waals surface area (Å²) in [7, 11) is 5.22. The summed E-state index contributed by atoms with van der Waals surface area (Å²) in [6, 6.07) is 13.4. The van der Waals surface area contributed by atoms with E-state index in [4.69, 9.17) is 9.47 Å². The van der Waals surface area contributed by atoms with Crippen molar-refractivity contribution in [1.82, 2.24) is 10.6 Å². The van der Waals surface area contributed by atoms with Crippen LogP contribution in [0.15, 0.2) is 41.4 Å². The van der Waals surface area contributed by atoms with Crippen molar-refractivity contribution in [2.75, 3.05) is 39.3 Å². The molecular formula is C25H35IN4O2. The van der Waals surface area contributed by atoms with Gasteiger partial charge < -0.3 is 25.0 Å². The van der Waals surface area contributed by atoms with Gasteiger partial charge in [-0.3, -0.25) is 4.99 Å². The van der Waals surface area contributed by atoms with E-state index >= 15 is 0 Å². The molecule has 1 aliphatic heterocycles. The summed E-state index contributed by atoms with van der Waals surface area (Å²) < 4.78 is 10.8. The minimum atomic E-state index is 0. The molecular weight excluding hydrogens is 515 g/mol. The number of rotatable bonds is 6. The van der Waals surface area contributed by atoms with Gasteiger partial charge in [-0.2, -0.15) is 0 Å². The Hall–Kier alpha value is -2.16. The van der Waals surface area contributed by atoms with Gasteiger partial charge in [-0.25, -0.2) is 0 Å². The first kappa shape index (κ1) is 24.5. The minimum Gasteiger partial charge on any atom is -0.497 e. The van der Waals surface area contributed by atoms with Gasteiger partial charge in [-0.1, -0.05) is 18.2 Å². The third-order valence-corrected chi connectivity index (χ3v) is 6.38. The van der Waals surface area contributed by atoms with Gasteiger partial charge in [-0.05, 0) is 48.8 Å². The average molecular weight is 550 g/mol. The number of anilines is 1. The molecule has 0 saturated carbocycles. The maximum atomic E-state index is 5.42. The lowest BCUT2D eigenvalue weighted by atomic mass is 10.0. The highest BCUT2D eigenvalue weighted by molar-refractivity contribution is 14.0. The number of aryl methyl sites for hydroxylation is 2. The number of fused-ring (bicyclic) bond motifs is 1. The first-order valence-corrected chi connectivity index (χ1v) is 11.2. The van der Waals surface area contributed by atoms with Gasteiger partial charge in [-0.15, -0.1) is 24.0 Å². The number of halogens is 1. The van der Waals surface area contributed by atoms with Crippen molar-refractivity contribution in [2.45, 2.75) is 44.7 Å². The smallest absolute Gasteiger partial charge is 0.191 e. The summed E-state index contributed by atoms with van der Waals surface area (Å²) in [4.78, 5) is 6.83. The zero-order valence-corrected chi connectivity index (χ0v) is 21.6. The summed E-state index contributed by atoms with van der Waals surface area (Å²) in [6.45, 7) is 2.76. The molecule has 0 aromatic heterocycles. The van der Waals surface area contributed by atoms with Crippen LogP contribution in [-0.2, 0) is 19.4 Å². The molecule has 2 N–H and O–H groups in total. The molecule has 0 atom stereocenters. The maximum Gasteiger partial charge on any atom is 0.191 e. The molecule has 2 aliphatic rings. The molecule has 2 aromatic carbocycles. The van der Waals surface area contributed by atoms with Gasteiger partial charge in [0, 0.05) is 56.6 Å². The zero-order valence-electron chi connectivity index (χ0n) is 19.3. The molecule has 1 aliphatic carbocycles. The van der Waals surface area contributed by atoms with Crippen LogP contribution >= 0.6 is 24.0 Å². The van der Waals surface area contributed by atoms with E-state index in [9.17, 15) is 0 Å². The van der Waals surface area contributed by atoms with E-state index in [0.29, 0.717) is 6.04 Å². The summed E-state index contributed by atoms with van der Waals surface area (Å²) in [6.07, 6.45) is 5.84. The molecule has 0 unspecified atom stereocenters. The molecule has 2 aromatic rings. The number of nitrogens with one attached hydrogen (secondary N) is 2. The fourth-order valence-electron chi connectivity index (χ4n) is 4.57. The van der Waals surface area contributed by atoms with E-state index in [-0.39, 0.29) is 24.0 Å². The van der Waals surface area contributed by atoms with Crippen molar-refractivity contribution in [3.63, 3.8) is 0 Å². The Kier molecular flexibility index (Phi) is 8.90.